The van der Waals surface area contributed by atoms with Crippen LogP contribution in [-0.4, -0.2) is 6.10 Å². The van der Waals surface area contributed by atoms with Gasteiger partial charge in [0, 0.05) is 0 Å². The molecule has 1 saturated carbocycles. The van der Waals surface area contributed by atoms with E-state index in [4.69, 9.17) is 4.74 Å². The van der Waals surface area contributed by atoms with E-state index in [1.165, 1.54) is 36.8 Å². The Morgan fingerprint density at radius 3 is 2.93 bits per heavy atom. The van der Waals surface area contributed by atoms with Crippen molar-refractivity contribution < 1.29 is 4.74 Å². The predicted molar refractivity (Wildman–Crippen MR) is 56.2 cm³/mol. The standard InChI is InChI=1S/C13H16O/c1-10-6-2-3-7-11(10)13-9-5-4-8-12(13)14-13/h2-3,6-7,12H,4-5,8-9H2,1H3. The first-order valence-corrected chi connectivity index (χ1v) is 5.57. The van der Waals surface area contributed by atoms with Gasteiger partial charge < -0.3 is 4.74 Å². The van der Waals surface area contributed by atoms with Crippen LogP contribution >= 0.6 is 0 Å². The Hall–Kier alpha value is -0.820. The van der Waals surface area contributed by atoms with Crippen molar-refractivity contribution in [2.24, 2.45) is 0 Å². The molecule has 1 saturated heterocycles. The maximum atomic E-state index is 5.93. The fourth-order valence-corrected chi connectivity index (χ4v) is 2.87. The van der Waals surface area contributed by atoms with Gasteiger partial charge in [0.1, 0.15) is 5.60 Å². The second-order valence-electron chi connectivity index (χ2n) is 4.56. The first-order valence-electron chi connectivity index (χ1n) is 5.57. The minimum atomic E-state index is 0.129. The summed E-state index contributed by atoms with van der Waals surface area (Å²) in [6.45, 7) is 2.19. The molecule has 0 aromatic heterocycles. The Bertz CT molecular complexity index is 358. The first kappa shape index (κ1) is 8.49. The van der Waals surface area contributed by atoms with Crippen molar-refractivity contribution in [3.63, 3.8) is 0 Å². The number of rotatable bonds is 1. The third-order valence-electron chi connectivity index (χ3n) is 3.68. The molecule has 0 N–H and O–H groups in total. The van der Waals surface area contributed by atoms with Gasteiger partial charge in [-0.15, -0.1) is 0 Å². The molecule has 1 aliphatic carbocycles. The minimum Gasteiger partial charge on any atom is -0.361 e. The van der Waals surface area contributed by atoms with Gasteiger partial charge in [-0.25, -0.2) is 0 Å². The SMILES string of the molecule is Cc1ccccc1C12CCCCC1O2. The number of hydrogen-bond acceptors (Lipinski definition) is 1. The van der Waals surface area contributed by atoms with Crippen molar-refractivity contribution in [2.75, 3.05) is 0 Å². The molecule has 2 unspecified atom stereocenters. The quantitative estimate of drug-likeness (QED) is 0.617. The molecular formula is C13H16O. The lowest BCUT2D eigenvalue weighted by atomic mass is 9.82. The summed E-state index contributed by atoms with van der Waals surface area (Å²) in [7, 11) is 0. The summed E-state index contributed by atoms with van der Waals surface area (Å²) in [5.41, 5.74) is 2.95. The Kier molecular flexibility index (Phi) is 1.72. The van der Waals surface area contributed by atoms with Crippen LogP contribution < -0.4 is 0 Å². The maximum absolute atomic E-state index is 5.93. The summed E-state index contributed by atoms with van der Waals surface area (Å²) in [5.74, 6) is 0. The van der Waals surface area contributed by atoms with E-state index in [0.29, 0.717) is 6.10 Å². The molecule has 74 valence electrons. The number of fused-ring (bicyclic) bond motifs is 1. The van der Waals surface area contributed by atoms with Crippen molar-refractivity contribution in [3.05, 3.63) is 35.4 Å². The second-order valence-corrected chi connectivity index (χ2v) is 4.56. The van der Waals surface area contributed by atoms with Crippen LogP contribution in [-0.2, 0) is 10.3 Å². The topological polar surface area (TPSA) is 12.5 Å². The van der Waals surface area contributed by atoms with Crippen LogP contribution in [0.1, 0.15) is 36.8 Å². The van der Waals surface area contributed by atoms with E-state index in [1.807, 2.05) is 0 Å². The predicted octanol–water partition coefficient (Wildman–Crippen LogP) is 3.16. The van der Waals surface area contributed by atoms with E-state index in [9.17, 15) is 0 Å². The third-order valence-corrected chi connectivity index (χ3v) is 3.68. The molecule has 1 nitrogen and oxygen atoms in total. The van der Waals surface area contributed by atoms with Crippen molar-refractivity contribution in [3.8, 4) is 0 Å². The lowest BCUT2D eigenvalue weighted by molar-refractivity contribution is 0.289. The van der Waals surface area contributed by atoms with Crippen LogP contribution in [0.4, 0.5) is 0 Å². The van der Waals surface area contributed by atoms with Crippen LogP contribution in [0, 0.1) is 6.92 Å². The molecule has 0 radical (unpaired) electrons. The number of aryl methyl sites for hydroxylation is 1. The van der Waals surface area contributed by atoms with Crippen molar-refractivity contribution in [1.82, 2.24) is 0 Å². The van der Waals surface area contributed by atoms with Crippen molar-refractivity contribution >= 4 is 0 Å². The number of benzene rings is 1. The van der Waals surface area contributed by atoms with Crippen molar-refractivity contribution in [1.29, 1.82) is 0 Å². The van der Waals surface area contributed by atoms with E-state index in [2.05, 4.69) is 31.2 Å². The lowest BCUT2D eigenvalue weighted by Crippen LogP contribution is -2.18. The van der Waals surface area contributed by atoms with E-state index < -0.39 is 0 Å². The summed E-state index contributed by atoms with van der Waals surface area (Å²) < 4.78 is 5.93. The molecule has 1 aromatic carbocycles. The summed E-state index contributed by atoms with van der Waals surface area (Å²) in [6.07, 6.45) is 5.68. The zero-order chi connectivity index (χ0) is 9.60. The minimum absolute atomic E-state index is 0.129. The highest BCUT2D eigenvalue weighted by Crippen LogP contribution is 2.55. The van der Waals surface area contributed by atoms with Gasteiger partial charge in [0.05, 0.1) is 6.10 Å². The number of hydrogen-bond donors (Lipinski definition) is 0. The summed E-state index contributed by atoms with van der Waals surface area (Å²) in [4.78, 5) is 0. The van der Waals surface area contributed by atoms with Crippen LogP contribution in [0.3, 0.4) is 0 Å². The average Bonchev–Trinajstić information content (AvgIpc) is 2.93. The van der Waals surface area contributed by atoms with Gasteiger partial charge in [0.2, 0.25) is 0 Å². The molecule has 1 heterocycles. The highest BCUT2D eigenvalue weighted by atomic mass is 16.6. The molecule has 1 heteroatoms. The Balaban J connectivity index is 2.00. The fraction of sp³-hybridized carbons (Fsp3) is 0.538. The van der Waals surface area contributed by atoms with Gasteiger partial charge in [0.15, 0.2) is 0 Å². The van der Waals surface area contributed by atoms with Crippen LogP contribution in [0.25, 0.3) is 0 Å². The molecule has 2 fully saturated rings. The van der Waals surface area contributed by atoms with E-state index in [-0.39, 0.29) is 5.60 Å². The third kappa shape index (κ3) is 1.05. The Labute approximate surface area is 85.1 Å². The molecule has 1 aromatic rings. The summed E-state index contributed by atoms with van der Waals surface area (Å²) >= 11 is 0. The largest absolute Gasteiger partial charge is 0.361 e. The molecule has 0 bridgehead atoms. The molecule has 2 aliphatic rings. The van der Waals surface area contributed by atoms with Crippen LogP contribution in [0.2, 0.25) is 0 Å². The maximum Gasteiger partial charge on any atom is 0.120 e. The number of ether oxygens (including phenoxy) is 1. The molecular weight excluding hydrogens is 172 g/mol. The smallest absolute Gasteiger partial charge is 0.120 e. The molecule has 0 amide bonds. The number of epoxide rings is 1. The van der Waals surface area contributed by atoms with Gasteiger partial charge in [-0.2, -0.15) is 0 Å². The Morgan fingerprint density at radius 2 is 2.14 bits per heavy atom. The van der Waals surface area contributed by atoms with Gasteiger partial charge in [-0.05, 0) is 30.9 Å². The lowest BCUT2D eigenvalue weighted by Gasteiger charge is -2.19. The molecule has 1 aliphatic heterocycles. The first-order chi connectivity index (χ1) is 6.83. The molecule has 14 heavy (non-hydrogen) atoms. The van der Waals surface area contributed by atoms with Gasteiger partial charge >= 0.3 is 0 Å². The normalized spacial score (nSPS) is 35.1. The molecule has 2 atom stereocenters. The average molecular weight is 188 g/mol. The van der Waals surface area contributed by atoms with Gasteiger partial charge in [-0.1, -0.05) is 37.1 Å². The van der Waals surface area contributed by atoms with E-state index in [0.717, 1.165) is 0 Å². The summed E-state index contributed by atoms with van der Waals surface area (Å²) in [5, 5.41) is 0. The zero-order valence-electron chi connectivity index (χ0n) is 8.62. The summed E-state index contributed by atoms with van der Waals surface area (Å²) in [6, 6.07) is 8.66. The van der Waals surface area contributed by atoms with Crippen molar-refractivity contribution in [2.45, 2.75) is 44.3 Å². The van der Waals surface area contributed by atoms with Gasteiger partial charge in [0.25, 0.3) is 0 Å². The highest BCUT2D eigenvalue weighted by molar-refractivity contribution is 5.36. The van der Waals surface area contributed by atoms with Crippen LogP contribution in [0.5, 0.6) is 0 Å². The van der Waals surface area contributed by atoms with Crippen LogP contribution in [0.15, 0.2) is 24.3 Å². The van der Waals surface area contributed by atoms with E-state index >= 15 is 0 Å². The zero-order valence-corrected chi connectivity index (χ0v) is 8.62. The fourth-order valence-electron chi connectivity index (χ4n) is 2.87. The van der Waals surface area contributed by atoms with E-state index in [1.54, 1.807) is 0 Å². The second kappa shape index (κ2) is 2.83. The Morgan fingerprint density at radius 1 is 1.29 bits per heavy atom. The highest BCUT2D eigenvalue weighted by Gasteiger charge is 2.58. The monoisotopic (exact) mass is 188 g/mol. The molecule has 3 rings (SSSR count). The molecule has 0 spiro atoms. The van der Waals surface area contributed by atoms with Gasteiger partial charge in [-0.3, -0.25) is 0 Å².